The molecule has 6 nitrogen and oxygen atoms in total. The summed E-state index contributed by atoms with van der Waals surface area (Å²) in [5, 5.41) is 5.16. The molecule has 5 aromatic rings. The highest BCUT2D eigenvalue weighted by Crippen LogP contribution is 2.32. The van der Waals surface area contributed by atoms with Crippen LogP contribution in [0.1, 0.15) is 29.7 Å². The molecule has 3 aromatic heterocycles. The Morgan fingerprint density at radius 3 is 2.38 bits per heavy atom. The van der Waals surface area contributed by atoms with Crippen LogP contribution in [-0.2, 0) is 6.54 Å². The Hall–Kier alpha value is -4.34. The minimum absolute atomic E-state index is 0.0975. The summed E-state index contributed by atoms with van der Waals surface area (Å²) in [6.45, 7) is 1.79. The first kappa shape index (κ1) is 24.4. The van der Waals surface area contributed by atoms with Gasteiger partial charge in [0.25, 0.3) is 6.43 Å². The Morgan fingerprint density at radius 2 is 1.68 bits per heavy atom. The van der Waals surface area contributed by atoms with Crippen LogP contribution in [0.5, 0.6) is 5.75 Å². The third kappa shape index (κ3) is 4.87. The molecule has 0 aliphatic rings. The first-order valence-electron chi connectivity index (χ1n) is 11.5. The van der Waals surface area contributed by atoms with Crippen molar-refractivity contribution in [3.05, 3.63) is 102 Å². The molecule has 37 heavy (non-hydrogen) atoms. The number of pyridine rings is 1. The van der Waals surface area contributed by atoms with E-state index >= 15 is 0 Å². The van der Waals surface area contributed by atoms with E-state index in [1.165, 1.54) is 41.5 Å². The van der Waals surface area contributed by atoms with Gasteiger partial charge in [0, 0.05) is 41.7 Å². The zero-order valence-electron chi connectivity index (χ0n) is 19.7. The van der Waals surface area contributed by atoms with Crippen molar-refractivity contribution in [2.75, 3.05) is 6.61 Å². The van der Waals surface area contributed by atoms with Gasteiger partial charge in [0.05, 0.1) is 30.3 Å². The van der Waals surface area contributed by atoms with Crippen LogP contribution in [0.3, 0.4) is 0 Å². The van der Waals surface area contributed by atoms with Crippen molar-refractivity contribution in [3.8, 4) is 17.3 Å². The molecule has 0 fully saturated rings. The Labute approximate surface area is 209 Å². The van der Waals surface area contributed by atoms with E-state index in [2.05, 4.69) is 20.1 Å². The summed E-state index contributed by atoms with van der Waals surface area (Å²) in [5.74, 6) is -2.59. The summed E-state index contributed by atoms with van der Waals surface area (Å²) in [4.78, 5) is 12.6. The molecule has 0 saturated heterocycles. The van der Waals surface area contributed by atoms with Gasteiger partial charge in [-0.15, -0.1) is 0 Å². The van der Waals surface area contributed by atoms with Crippen LogP contribution in [-0.4, -0.2) is 37.8 Å². The minimum atomic E-state index is -2.72. The molecule has 5 rings (SSSR count). The smallest absolute Gasteiger partial charge is 0.250 e. The van der Waals surface area contributed by atoms with Crippen molar-refractivity contribution in [1.82, 2.24) is 24.7 Å². The van der Waals surface area contributed by atoms with Crippen molar-refractivity contribution in [3.63, 3.8) is 0 Å². The molecule has 0 amide bonds. The lowest BCUT2D eigenvalue weighted by Crippen LogP contribution is -2.13. The van der Waals surface area contributed by atoms with Gasteiger partial charge in [0.15, 0.2) is 5.82 Å². The molecule has 0 aliphatic heterocycles. The number of nitrogens with zero attached hydrogens (tertiary/aromatic N) is 5. The van der Waals surface area contributed by atoms with Crippen molar-refractivity contribution in [2.45, 2.75) is 25.8 Å². The summed E-state index contributed by atoms with van der Waals surface area (Å²) < 4.78 is 64.3. The molecule has 0 N–H and O–H groups in total. The first-order chi connectivity index (χ1) is 18.0. The number of halogens is 4. The molecular formula is C27H21F4N5O. The van der Waals surface area contributed by atoms with Crippen LogP contribution in [0.4, 0.5) is 17.6 Å². The second kappa shape index (κ2) is 10.3. The van der Waals surface area contributed by atoms with E-state index in [1.54, 1.807) is 31.2 Å². The quantitative estimate of drug-likeness (QED) is 0.241. The molecule has 3 heterocycles. The van der Waals surface area contributed by atoms with E-state index in [-0.39, 0.29) is 36.0 Å². The normalized spacial score (nSPS) is 12.3. The number of aromatic nitrogens is 5. The lowest BCUT2D eigenvalue weighted by molar-refractivity contribution is 0.127. The van der Waals surface area contributed by atoms with Gasteiger partial charge in [-0.1, -0.05) is 18.2 Å². The molecule has 10 heteroatoms. The summed E-state index contributed by atoms with van der Waals surface area (Å²) in [6, 6.07) is 13.8. The molecule has 0 spiro atoms. The maximum atomic E-state index is 14.8. The monoisotopic (exact) mass is 507 g/mol. The highest BCUT2D eigenvalue weighted by atomic mass is 19.3. The Morgan fingerprint density at radius 1 is 0.946 bits per heavy atom. The van der Waals surface area contributed by atoms with Gasteiger partial charge in [-0.25, -0.2) is 27.5 Å². The maximum absolute atomic E-state index is 14.8. The number of para-hydroxylation sites is 1. The zero-order valence-corrected chi connectivity index (χ0v) is 19.7. The highest BCUT2D eigenvalue weighted by Gasteiger charge is 2.27. The number of hydrogen-bond acceptors (Lipinski definition) is 5. The predicted molar refractivity (Wildman–Crippen MR) is 129 cm³/mol. The van der Waals surface area contributed by atoms with Crippen LogP contribution in [0.2, 0.25) is 0 Å². The standard InChI is InChI=1S/C27H21F4N5O/c1-2-37-17-13-20(28)19(21(29)14-17)15-36-23-6-4-3-5-18(23)25(35-36)27-33-12-9-22(34-27)24(26(30)31)16-7-10-32-11-8-16/h3-14,24,26H,2,15H2,1H3. The third-order valence-corrected chi connectivity index (χ3v) is 5.92. The fraction of sp³-hybridized carbons (Fsp3) is 0.185. The lowest BCUT2D eigenvalue weighted by atomic mass is 9.97. The summed E-state index contributed by atoms with van der Waals surface area (Å²) in [5.41, 5.74) is 1.19. The van der Waals surface area contributed by atoms with Crippen molar-refractivity contribution in [2.24, 2.45) is 0 Å². The van der Waals surface area contributed by atoms with Crippen LogP contribution >= 0.6 is 0 Å². The zero-order chi connectivity index (χ0) is 25.9. The summed E-state index contributed by atoms with van der Waals surface area (Å²) >= 11 is 0. The molecular weight excluding hydrogens is 486 g/mol. The minimum Gasteiger partial charge on any atom is -0.494 e. The summed E-state index contributed by atoms with van der Waals surface area (Å²) in [6.07, 6.45) is 1.57. The number of rotatable bonds is 8. The Balaban J connectivity index is 1.57. The third-order valence-electron chi connectivity index (χ3n) is 5.92. The van der Waals surface area contributed by atoms with Gasteiger partial charge < -0.3 is 4.74 Å². The first-order valence-corrected chi connectivity index (χ1v) is 11.5. The maximum Gasteiger partial charge on any atom is 0.250 e. The van der Waals surface area contributed by atoms with E-state index in [1.807, 2.05) is 0 Å². The molecule has 2 aromatic carbocycles. The van der Waals surface area contributed by atoms with Gasteiger partial charge in [-0.3, -0.25) is 9.67 Å². The SMILES string of the molecule is CCOc1cc(F)c(Cn2nc(-c3nccc(C(c4ccncc4)C(F)F)n3)c3ccccc32)c(F)c1. The average molecular weight is 507 g/mol. The van der Waals surface area contributed by atoms with E-state index < -0.39 is 24.0 Å². The topological polar surface area (TPSA) is 65.7 Å². The van der Waals surface area contributed by atoms with E-state index in [4.69, 9.17) is 4.74 Å². The summed E-state index contributed by atoms with van der Waals surface area (Å²) in [7, 11) is 0. The second-order valence-electron chi connectivity index (χ2n) is 8.22. The van der Waals surface area contributed by atoms with Gasteiger partial charge in [-0.05, 0) is 36.8 Å². The van der Waals surface area contributed by atoms with Gasteiger partial charge >= 0.3 is 0 Å². The van der Waals surface area contributed by atoms with Crippen LogP contribution < -0.4 is 4.74 Å². The van der Waals surface area contributed by atoms with E-state index in [9.17, 15) is 17.6 Å². The number of fused-ring (bicyclic) bond motifs is 1. The highest BCUT2D eigenvalue weighted by molar-refractivity contribution is 5.91. The fourth-order valence-corrected chi connectivity index (χ4v) is 4.22. The Kier molecular flexibility index (Phi) is 6.80. The molecule has 0 bridgehead atoms. The number of ether oxygens (including phenoxy) is 1. The Bertz CT molecular complexity index is 1520. The molecule has 1 atom stereocenters. The average Bonchev–Trinajstić information content (AvgIpc) is 3.26. The predicted octanol–water partition coefficient (Wildman–Crippen LogP) is 6.01. The van der Waals surface area contributed by atoms with Gasteiger partial charge in [-0.2, -0.15) is 5.10 Å². The van der Waals surface area contributed by atoms with E-state index in [0.717, 1.165) is 12.1 Å². The van der Waals surface area contributed by atoms with Crippen molar-refractivity contribution >= 4 is 10.9 Å². The van der Waals surface area contributed by atoms with E-state index in [0.29, 0.717) is 22.2 Å². The van der Waals surface area contributed by atoms with Crippen molar-refractivity contribution in [1.29, 1.82) is 0 Å². The van der Waals surface area contributed by atoms with Crippen molar-refractivity contribution < 1.29 is 22.3 Å². The number of benzene rings is 2. The van der Waals surface area contributed by atoms with Crippen LogP contribution in [0.25, 0.3) is 22.4 Å². The fourth-order valence-electron chi connectivity index (χ4n) is 4.22. The molecule has 0 aliphatic carbocycles. The molecule has 0 radical (unpaired) electrons. The largest absolute Gasteiger partial charge is 0.494 e. The molecule has 1 unspecified atom stereocenters. The lowest BCUT2D eigenvalue weighted by Gasteiger charge is -2.16. The van der Waals surface area contributed by atoms with Crippen LogP contribution in [0.15, 0.2) is 73.2 Å². The van der Waals surface area contributed by atoms with Gasteiger partial charge in [0.2, 0.25) is 0 Å². The molecule has 188 valence electrons. The second-order valence-corrected chi connectivity index (χ2v) is 8.22. The number of hydrogen-bond donors (Lipinski definition) is 0. The van der Waals surface area contributed by atoms with Crippen LogP contribution in [0, 0.1) is 11.6 Å². The van der Waals surface area contributed by atoms with Gasteiger partial charge in [0.1, 0.15) is 23.1 Å². The number of alkyl halides is 2. The molecule has 0 saturated carbocycles.